The second kappa shape index (κ2) is 7.08. The fourth-order valence-electron chi connectivity index (χ4n) is 2.75. The third-order valence-electron chi connectivity index (χ3n) is 3.89. The Morgan fingerprint density at radius 3 is 2.92 bits per heavy atom. The fourth-order valence-corrected chi connectivity index (χ4v) is 3.49. The topological polar surface area (TPSA) is 102 Å². The molecule has 0 bridgehead atoms. The molecule has 0 radical (unpaired) electrons. The van der Waals surface area contributed by atoms with E-state index in [0.29, 0.717) is 5.13 Å². The Morgan fingerprint density at radius 2 is 2.12 bits per heavy atom. The molecule has 3 heterocycles. The molecule has 2 aromatic heterocycles. The van der Waals surface area contributed by atoms with Crippen LogP contribution in [0.2, 0.25) is 0 Å². The smallest absolute Gasteiger partial charge is 0.271 e. The molecule has 0 unspecified atom stereocenters. The van der Waals surface area contributed by atoms with Crippen LogP contribution in [0.1, 0.15) is 61.3 Å². The maximum absolute atomic E-state index is 12.3. The van der Waals surface area contributed by atoms with Crippen LogP contribution in [0.5, 0.6) is 0 Å². The molecule has 3 rings (SSSR count). The van der Waals surface area contributed by atoms with Gasteiger partial charge in [-0.2, -0.15) is 0 Å². The van der Waals surface area contributed by atoms with E-state index in [1.807, 2.05) is 6.92 Å². The highest BCUT2D eigenvalue weighted by Gasteiger charge is 2.22. The number of nitrogens with zero attached hydrogens (tertiary/aromatic N) is 4. The third-order valence-corrected chi connectivity index (χ3v) is 4.65. The SMILES string of the molecule is CC(=O)Nc1nc(C(=O)N[C@@H](C)c2nnc3n2CCCCC3)cs1. The lowest BCUT2D eigenvalue weighted by Gasteiger charge is -2.14. The largest absolute Gasteiger partial charge is 0.341 e. The van der Waals surface area contributed by atoms with Crippen molar-refractivity contribution in [3.05, 3.63) is 22.7 Å². The molecular formula is C15H20N6O2S. The molecule has 1 aliphatic heterocycles. The van der Waals surface area contributed by atoms with Crippen molar-refractivity contribution in [1.82, 2.24) is 25.1 Å². The summed E-state index contributed by atoms with van der Waals surface area (Å²) in [7, 11) is 0. The molecule has 0 saturated carbocycles. The van der Waals surface area contributed by atoms with Gasteiger partial charge in [-0.1, -0.05) is 6.42 Å². The Balaban J connectivity index is 1.69. The Bertz CT molecular complexity index is 753. The van der Waals surface area contributed by atoms with E-state index in [1.54, 1.807) is 5.38 Å². The molecule has 0 saturated heterocycles. The molecule has 8 nitrogen and oxygen atoms in total. The van der Waals surface area contributed by atoms with Crippen LogP contribution in [0, 0.1) is 0 Å². The van der Waals surface area contributed by atoms with E-state index in [-0.39, 0.29) is 23.6 Å². The van der Waals surface area contributed by atoms with Crippen molar-refractivity contribution in [1.29, 1.82) is 0 Å². The van der Waals surface area contributed by atoms with Gasteiger partial charge in [0.1, 0.15) is 11.5 Å². The maximum Gasteiger partial charge on any atom is 0.271 e. The summed E-state index contributed by atoms with van der Waals surface area (Å²) in [5.41, 5.74) is 0.284. The predicted molar refractivity (Wildman–Crippen MR) is 89.9 cm³/mol. The van der Waals surface area contributed by atoms with E-state index in [0.717, 1.165) is 37.5 Å². The van der Waals surface area contributed by atoms with Crippen molar-refractivity contribution < 1.29 is 9.59 Å². The second-order valence-electron chi connectivity index (χ2n) is 5.85. The first-order valence-electron chi connectivity index (χ1n) is 8.00. The first kappa shape index (κ1) is 16.6. The van der Waals surface area contributed by atoms with Gasteiger partial charge in [-0.05, 0) is 19.8 Å². The molecule has 0 aliphatic carbocycles. The molecule has 24 heavy (non-hydrogen) atoms. The highest BCUT2D eigenvalue weighted by molar-refractivity contribution is 7.14. The number of aryl methyl sites for hydroxylation is 1. The van der Waals surface area contributed by atoms with Gasteiger partial charge in [-0.25, -0.2) is 4.98 Å². The summed E-state index contributed by atoms with van der Waals surface area (Å²) >= 11 is 1.22. The number of hydrogen-bond acceptors (Lipinski definition) is 6. The van der Waals surface area contributed by atoms with Crippen molar-refractivity contribution >= 4 is 28.3 Å². The number of anilines is 1. The summed E-state index contributed by atoms with van der Waals surface area (Å²) in [6, 6.07) is -0.261. The summed E-state index contributed by atoms with van der Waals surface area (Å²) in [6.45, 7) is 4.18. The van der Waals surface area contributed by atoms with Crippen LogP contribution in [-0.2, 0) is 17.8 Å². The van der Waals surface area contributed by atoms with Crippen LogP contribution in [-0.4, -0.2) is 31.6 Å². The molecular weight excluding hydrogens is 328 g/mol. The van der Waals surface area contributed by atoms with Crippen molar-refractivity contribution in [3.63, 3.8) is 0 Å². The quantitative estimate of drug-likeness (QED) is 0.879. The zero-order valence-corrected chi connectivity index (χ0v) is 14.5. The number of fused-ring (bicyclic) bond motifs is 1. The number of amides is 2. The van der Waals surface area contributed by atoms with Gasteiger partial charge in [0.2, 0.25) is 5.91 Å². The molecule has 0 spiro atoms. The molecule has 1 aliphatic rings. The number of thiazole rings is 1. The number of aromatic nitrogens is 4. The molecule has 128 valence electrons. The number of hydrogen-bond donors (Lipinski definition) is 2. The number of rotatable bonds is 4. The predicted octanol–water partition coefficient (Wildman–Crippen LogP) is 1.91. The first-order chi connectivity index (χ1) is 11.5. The van der Waals surface area contributed by atoms with Gasteiger partial charge in [0, 0.05) is 25.3 Å². The number of carbonyl (C=O) groups excluding carboxylic acids is 2. The average molecular weight is 348 g/mol. The van der Waals surface area contributed by atoms with Crippen LogP contribution in [0.4, 0.5) is 5.13 Å². The van der Waals surface area contributed by atoms with Gasteiger partial charge in [0.15, 0.2) is 11.0 Å². The zero-order valence-electron chi connectivity index (χ0n) is 13.7. The molecule has 0 fully saturated rings. The van der Waals surface area contributed by atoms with Crippen LogP contribution < -0.4 is 10.6 Å². The van der Waals surface area contributed by atoms with Crippen molar-refractivity contribution in [2.75, 3.05) is 5.32 Å². The lowest BCUT2D eigenvalue weighted by molar-refractivity contribution is -0.114. The third kappa shape index (κ3) is 3.61. The molecule has 2 amide bonds. The first-order valence-corrected chi connectivity index (χ1v) is 8.88. The summed E-state index contributed by atoms with van der Waals surface area (Å²) in [6.07, 6.45) is 4.35. The highest BCUT2D eigenvalue weighted by atomic mass is 32.1. The highest BCUT2D eigenvalue weighted by Crippen LogP contribution is 2.20. The number of carbonyl (C=O) groups is 2. The normalized spacial score (nSPS) is 15.2. The van der Waals surface area contributed by atoms with Gasteiger partial charge in [-0.15, -0.1) is 21.5 Å². The number of nitrogens with one attached hydrogen (secondary N) is 2. The lowest BCUT2D eigenvalue weighted by Crippen LogP contribution is -2.29. The van der Waals surface area contributed by atoms with Crippen LogP contribution >= 0.6 is 11.3 Å². The molecule has 9 heteroatoms. The molecule has 2 aromatic rings. The Kier molecular flexibility index (Phi) is 4.89. The Labute approximate surface area is 143 Å². The van der Waals surface area contributed by atoms with Crippen LogP contribution in [0.25, 0.3) is 0 Å². The van der Waals surface area contributed by atoms with Gasteiger partial charge in [0.25, 0.3) is 5.91 Å². The van der Waals surface area contributed by atoms with Gasteiger partial charge < -0.3 is 15.2 Å². The summed E-state index contributed by atoms with van der Waals surface area (Å²) in [4.78, 5) is 27.5. The Morgan fingerprint density at radius 1 is 1.29 bits per heavy atom. The minimum atomic E-state index is -0.290. The molecule has 2 N–H and O–H groups in total. The van der Waals surface area contributed by atoms with E-state index in [1.165, 1.54) is 24.7 Å². The maximum atomic E-state index is 12.3. The van der Waals surface area contributed by atoms with Crippen molar-refractivity contribution in [2.45, 2.75) is 52.1 Å². The minimum Gasteiger partial charge on any atom is -0.341 e. The Hall–Kier alpha value is -2.29. The summed E-state index contributed by atoms with van der Waals surface area (Å²) in [5.74, 6) is 1.26. The summed E-state index contributed by atoms with van der Waals surface area (Å²) < 4.78 is 2.11. The van der Waals surface area contributed by atoms with Gasteiger partial charge in [-0.3, -0.25) is 9.59 Å². The van der Waals surface area contributed by atoms with Gasteiger partial charge in [0.05, 0.1) is 6.04 Å². The van der Waals surface area contributed by atoms with Crippen LogP contribution in [0.3, 0.4) is 0 Å². The lowest BCUT2D eigenvalue weighted by atomic mass is 10.2. The van der Waals surface area contributed by atoms with E-state index in [4.69, 9.17) is 0 Å². The standard InChI is InChI=1S/C15H20N6O2S/c1-9(13-20-19-12-6-4-3-5-7-21(12)13)16-14(23)11-8-24-15(18-11)17-10(2)22/h8-9H,3-7H2,1-2H3,(H,16,23)(H,17,18,22)/t9-/m0/s1. The van der Waals surface area contributed by atoms with E-state index >= 15 is 0 Å². The monoisotopic (exact) mass is 348 g/mol. The van der Waals surface area contributed by atoms with Crippen LogP contribution in [0.15, 0.2) is 5.38 Å². The molecule has 0 aromatic carbocycles. The fraction of sp³-hybridized carbons (Fsp3) is 0.533. The van der Waals surface area contributed by atoms with Crippen molar-refractivity contribution in [2.24, 2.45) is 0 Å². The average Bonchev–Trinajstić information content (AvgIpc) is 3.08. The van der Waals surface area contributed by atoms with Crippen molar-refractivity contribution in [3.8, 4) is 0 Å². The second-order valence-corrected chi connectivity index (χ2v) is 6.71. The zero-order chi connectivity index (χ0) is 17.1. The van der Waals surface area contributed by atoms with Gasteiger partial charge >= 0.3 is 0 Å². The van der Waals surface area contributed by atoms with E-state index in [9.17, 15) is 9.59 Å². The minimum absolute atomic E-state index is 0.212. The van der Waals surface area contributed by atoms with E-state index < -0.39 is 0 Å². The van der Waals surface area contributed by atoms with E-state index in [2.05, 4.69) is 30.4 Å². The molecule has 1 atom stereocenters. The summed E-state index contributed by atoms with van der Waals surface area (Å²) in [5, 5.41) is 16.0.